The number of rotatable bonds is 4. The molecule has 0 saturated heterocycles. The molecule has 0 amide bonds. The quantitative estimate of drug-likeness (QED) is 0.329. The largest absolute Gasteiger partial charge is 0.228 e. The lowest BCUT2D eigenvalue weighted by atomic mass is 9.95. The van der Waals surface area contributed by atoms with Gasteiger partial charge in [0.15, 0.2) is 5.82 Å². The van der Waals surface area contributed by atoms with E-state index in [1.165, 1.54) is 24.0 Å². The number of nitrogens with zero attached hydrogens (tertiary/aromatic N) is 2. The van der Waals surface area contributed by atoms with Crippen LogP contribution >= 0.6 is 15.9 Å². The van der Waals surface area contributed by atoms with E-state index in [9.17, 15) is 0 Å². The molecular formula is C26H21BrN2. The van der Waals surface area contributed by atoms with Crippen LogP contribution in [0, 0.1) is 6.92 Å². The smallest absolute Gasteiger partial charge is 0.160 e. The lowest BCUT2D eigenvalue weighted by Crippen LogP contribution is -2.02. The van der Waals surface area contributed by atoms with Crippen molar-refractivity contribution >= 4 is 15.9 Å². The molecule has 29 heavy (non-hydrogen) atoms. The molecule has 2 nitrogen and oxygen atoms in total. The van der Waals surface area contributed by atoms with E-state index in [0.717, 1.165) is 38.4 Å². The summed E-state index contributed by atoms with van der Waals surface area (Å²) in [7, 11) is 0. The highest BCUT2D eigenvalue weighted by Gasteiger charge is 2.29. The van der Waals surface area contributed by atoms with Crippen LogP contribution in [0.15, 0.2) is 83.3 Å². The number of halogens is 1. The van der Waals surface area contributed by atoms with Crippen molar-refractivity contribution in [2.45, 2.75) is 25.7 Å². The first-order valence-corrected chi connectivity index (χ1v) is 10.8. The Morgan fingerprint density at radius 2 is 1.34 bits per heavy atom. The molecule has 0 bridgehead atoms. The van der Waals surface area contributed by atoms with Gasteiger partial charge in [0.25, 0.3) is 0 Å². The third-order valence-corrected chi connectivity index (χ3v) is 6.19. The van der Waals surface area contributed by atoms with Crippen molar-refractivity contribution in [1.82, 2.24) is 9.97 Å². The Bertz CT molecular complexity index is 1170. The first-order valence-electron chi connectivity index (χ1n) is 10.0. The zero-order valence-corrected chi connectivity index (χ0v) is 17.9. The number of benzene rings is 3. The Labute approximate surface area is 179 Å². The number of hydrogen-bond donors (Lipinski definition) is 0. The molecule has 1 aliphatic carbocycles. The predicted molar refractivity (Wildman–Crippen MR) is 123 cm³/mol. The maximum Gasteiger partial charge on any atom is 0.160 e. The third kappa shape index (κ3) is 3.51. The summed E-state index contributed by atoms with van der Waals surface area (Å²) in [5.41, 5.74) is 7.88. The van der Waals surface area contributed by atoms with Crippen molar-refractivity contribution in [2.75, 3.05) is 0 Å². The van der Waals surface area contributed by atoms with Crippen LogP contribution < -0.4 is 0 Å². The molecule has 142 valence electrons. The summed E-state index contributed by atoms with van der Waals surface area (Å²) in [6.07, 6.45) is 2.51. The maximum atomic E-state index is 5.09. The third-order valence-electron chi connectivity index (χ3n) is 5.52. The van der Waals surface area contributed by atoms with Crippen LogP contribution in [0.1, 0.15) is 29.9 Å². The Morgan fingerprint density at radius 1 is 0.724 bits per heavy atom. The van der Waals surface area contributed by atoms with Gasteiger partial charge in [0, 0.05) is 26.7 Å². The van der Waals surface area contributed by atoms with Crippen molar-refractivity contribution in [2.24, 2.45) is 0 Å². The van der Waals surface area contributed by atoms with Gasteiger partial charge in [-0.3, -0.25) is 0 Å². The van der Waals surface area contributed by atoms with Gasteiger partial charge in [0.05, 0.1) is 11.4 Å². The van der Waals surface area contributed by atoms with Gasteiger partial charge in [-0.2, -0.15) is 0 Å². The van der Waals surface area contributed by atoms with Gasteiger partial charge < -0.3 is 0 Å². The summed E-state index contributed by atoms with van der Waals surface area (Å²) in [6.45, 7) is 2.14. The Hall–Kier alpha value is -2.78. The molecule has 3 heteroatoms. The minimum absolute atomic E-state index is 0.636. The molecule has 0 unspecified atom stereocenters. The molecule has 3 aromatic carbocycles. The molecule has 1 aliphatic rings. The summed E-state index contributed by atoms with van der Waals surface area (Å²) >= 11 is 3.82. The maximum absolute atomic E-state index is 5.09. The monoisotopic (exact) mass is 440 g/mol. The van der Waals surface area contributed by atoms with Gasteiger partial charge in [0.1, 0.15) is 0 Å². The second-order valence-corrected chi connectivity index (χ2v) is 8.43. The summed E-state index contributed by atoms with van der Waals surface area (Å²) in [5.74, 6) is 1.40. The summed E-state index contributed by atoms with van der Waals surface area (Å²) in [5, 5.41) is 0. The van der Waals surface area contributed by atoms with Crippen LogP contribution in [-0.2, 0) is 0 Å². The van der Waals surface area contributed by atoms with Gasteiger partial charge in [0.2, 0.25) is 0 Å². The van der Waals surface area contributed by atoms with Crippen LogP contribution in [0.25, 0.3) is 33.9 Å². The molecule has 0 N–H and O–H groups in total. The Morgan fingerprint density at radius 3 is 2.00 bits per heavy atom. The molecule has 0 spiro atoms. The van der Waals surface area contributed by atoms with Gasteiger partial charge in [-0.1, -0.05) is 88.7 Å². The standard InChI is InChI=1S/C26H21BrN2/c1-17-24(19-9-4-2-5-10-19)28-26(20-11-6-3-7-12-20)29-25(17)23-21(18-15-16-18)13-8-14-22(23)27/h2-14,18H,15-16H2,1H3. The minimum atomic E-state index is 0.636. The fraction of sp³-hybridized carbons (Fsp3) is 0.154. The lowest BCUT2D eigenvalue weighted by Gasteiger charge is -2.17. The van der Waals surface area contributed by atoms with Crippen molar-refractivity contribution in [3.63, 3.8) is 0 Å². The van der Waals surface area contributed by atoms with E-state index in [2.05, 4.69) is 77.5 Å². The summed E-state index contributed by atoms with van der Waals surface area (Å²) in [6, 6.07) is 27.2. The average Bonchev–Trinajstić information content (AvgIpc) is 3.61. The molecule has 1 heterocycles. The summed E-state index contributed by atoms with van der Waals surface area (Å²) < 4.78 is 1.10. The lowest BCUT2D eigenvalue weighted by molar-refractivity contribution is 1.10. The SMILES string of the molecule is Cc1c(-c2ccccc2)nc(-c2ccccc2)nc1-c1c(Br)cccc1C1CC1. The normalized spacial score (nSPS) is 13.4. The molecular weight excluding hydrogens is 420 g/mol. The molecule has 0 atom stereocenters. The summed E-state index contributed by atoms with van der Waals surface area (Å²) in [4.78, 5) is 10.1. The molecule has 0 radical (unpaired) electrons. The van der Waals surface area contributed by atoms with Crippen molar-refractivity contribution in [3.05, 3.63) is 94.5 Å². The van der Waals surface area contributed by atoms with E-state index in [0.29, 0.717) is 5.92 Å². The fourth-order valence-electron chi connectivity index (χ4n) is 3.88. The first kappa shape index (κ1) is 18.3. The van der Waals surface area contributed by atoms with E-state index < -0.39 is 0 Å². The van der Waals surface area contributed by atoms with E-state index >= 15 is 0 Å². The number of hydrogen-bond acceptors (Lipinski definition) is 2. The molecule has 5 rings (SSSR count). The van der Waals surface area contributed by atoms with E-state index in [-0.39, 0.29) is 0 Å². The van der Waals surface area contributed by atoms with Crippen LogP contribution in [0.5, 0.6) is 0 Å². The van der Waals surface area contributed by atoms with Crippen LogP contribution in [0.2, 0.25) is 0 Å². The molecule has 1 saturated carbocycles. The van der Waals surface area contributed by atoms with Crippen LogP contribution in [0.4, 0.5) is 0 Å². The highest BCUT2D eigenvalue weighted by molar-refractivity contribution is 9.10. The Balaban J connectivity index is 1.80. The van der Waals surface area contributed by atoms with Gasteiger partial charge in [-0.15, -0.1) is 0 Å². The van der Waals surface area contributed by atoms with Crippen molar-refractivity contribution in [3.8, 4) is 33.9 Å². The van der Waals surface area contributed by atoms with E-state index in [1.807, 2.05) is 24.3 Å². The highest BCUT2D eigenvalue weighted by atomic mass is 79.9. The van der Waals surface area contributed by atoms with Gasteiger partial charge in [-0.25, -0.2) is 9.97 Å². The highest BCUT2D eigenvalue weighted by Crippen LogP contribution is 2.47. The minimum Gasteiger partial charge on any atom is -0.228 e. The fourth-order valence-corrected chi connectivity index (χ4v) is 4.45. The number of aromatic nitrogens is 2. The van der Waals surface area contributed by atoms with Crippen molar-refractivity contribution in [1.29, 1.82) is 0 Å². The van der Waals surface area contributed by atoms with Gasteiger partial charge in [-0.05, 0) is 37.3 Å². The van der Waals surface area contributed by atoms with Crippen LogP contribution in [0.3, 0.4) is 0 Å². The second-order valence-electron chi connectivity index (χ2n) is 7.58. The first-order chi connectivity index (χ1) is 14.2. The zero-order valence-electron chi connectivity index (χ0n) is 16.3. The second kappa shape index (κ2) is 7.57. The molecule has 1 aromatic heterocycles. The Kier molecular flexibility index (Phi) is 4.76. The molecule has 4 aromatic rings. The zero-order chi connectivity index (χ0) is 19.8. The van der Waals surface area contributed by atoms with Crippen molar-refractivity contribution < 1.29 is 0 Å². The van der Waals surface area contributed by atoms with E-state index in [1.54, 1.807) is 0 Å². The van der Waals surface area contributed by atoms with E-state index in [4.69, 9.17) is 9.97 Å². The average molecular weight is 441 g/mol. The molecule has 0 aliphatic heterocycles. The topological polar surface area (TPSA) is 25.8 Å². The van der Waals surface area contributed by atoms with Gasteiger partial charge >= 0.3 is 0 Å². The molecule has 1 fully saturated rings. The van der Waals surface area contributed by atoms with Crippen LogP contribution in [-0.4, -0.2) is 9.97 Å². The predicted octanol–water partition coefficient (Wildman–Crippen LogP) is 7.43.